The van der Waals surface area contributed by atoms with Crippen molar-refractivity contribution in [3.05, 3.63) is 29.6 Å². The maximum Gasteiger partial charge on any atom is 0.310 e. The quantitative estimate of drug-likeness (QED) is 0.791. The Hall–Kier alpha value is -0.890. The van der Waals surface area contributed by atoms with Crippen molar-refractivity contribution in [2.75, 3.05) is 0 Å². The minimum Gasteiger partial charge on any atom is -0.326 e. The van der Waals surface area contributed by atoms with Gasteiger partial charge < -0.3 is 5.73 Å². The Labute approximate surface area is 81.6 Å². The van der Waals surface area contributed by atoms with Crippen LogP contribution in [0.2, 0.25) is 0 Å². The summed E-state index contributed by atoms with van der Waals surface area (Å²) in [5, 5.41) is 0. The van der Waals surface area contributed by atoms with Crippen LogP contribution in [-0.2, 0) is 6.54 Å². The first kappa shape index (κ1) is 12.2. The van der Waals surface area contributed by atoms with Crippen molar-refractivity contribution in [1.29, 1.82) is 0 Å². The molecule has 1 aromatic carbocycles. The van der Waals surface area contributed by atoms with E-state index < -0.39 is 27.5 Å². The number of hydrogen-bond acceptors (Lipinski definition) is 1. The van der Waals surface area contributed by atoms with E-state index in [1.165, 1.54) is 0 Å². The third-order valence-electron chi connectivity index (χ3n) is 1.61. The van der Waals surface area contributed by atoms with Gasteiger partial charge in [0.2, 0.25) is 0 Å². The Kier molecular flexibility index (Phi) is 2.12. The van der Waals surface area contributed by atoms with E-state index in [2.05, 4.69) is 0 Å². The lowest BCUT2D eigenvalue weighted by molar-refractivity contribution is 0.362. The lowest BCUT2D eigenvalue weighted by Crippen LogP contribution is -2.08. The Morgan fingerprint density at radius 3 is 1.93 bits per heavy atom. The number of rotatable bonds is 2. The van der Waals surface area contributed by atoms with Gasteiger partial charge in [0.25, 0.3) is 0 Å². The highest BCUT2D eigenvalue weighted by atomic mass is 32.5. The number of nitrogens with two attached hydrogens (primary N) is 1. The van der Waals surface area contributed by atoms with Gasteiger partial charge in [-0.25, -0.2) is 4.39 Å². The summed E-state index contributed by atoms with van der Waals surface area (Å²) in [4.78, 5) is -2.25. The second-order valence-electron chi connectivity index (χ2n) is 2.97. The van der Waals surface area contributed by atoms with E-state index in [-0.39, 0.29) is 17.7 Å². The molecule has 0 saturated carbocycles. The fourth-order valence-corrected chi connectivity index (χ4v) is 1.67. The van der Waals surface area contributed by atoms with Crippen molar-refractivity contribution in [3.63, 3.8) is 0 Å². The molecule has 0 spiro atoms. The molecule has 0 fully saturated rings. The third-order valence-corrected chi connectivity index (χ3v) is 2.74. The third kappa shape index (κ3) is 3.03. The van der Waals surface area contributed by atoms with E-state index >= 15 is 0 Å². The van der Waals surface area contributed by atoms with Gasteiger partial charge in [-0.2, -0.15) is 0 Å². The van der Waals surface area contributed by atoms with Crippen LogP contribution in [0.5, 0.6) is 0 Å². The normalized spacial score (nSPS) is 17.0. The van der Waals surface area contributed by atoms with Gasteiger partial charge in [0.1, 0.15) is 10.7 Å². The van der Waals surface area contributed by atoms with Gasteiger partial charge in [0.05, 0.1) is 0 Å². The van der Waals surface area contributed by atoms with Gasteiger partial charge >= 0.3 is 10.2 Å². The van der Waals surface area contributed by atoms with Crippen molar-refractivity contribution in [3.8, 4) is 0 Å². The summed E-state index contributed by atoms with van der Waals surface area (Å²) >= 11 is 0. The van der Waals surface area contributed by atoms with E-state index in [1.54, 1.807) is 0 Å². The summed E-state index contributed by atoms with van der Waals surface area (Å²) in [6.07, 6.45) is 0. The SMILES string of the molecule is NCc1cc(F)cc(S(F)(F)(F)(F)F)c1. The molecule has 0 saturated heterocycles. The number of hydrogen-bond donors (Lipinski definition) is 1. The summed E-state index contributed by atoms with van der Waals surface area (Å²) in [5.74, 6) is -1.39. The molecule has 1 rings (SSSR count). The summed E-state index contributed by atoms with van der Waals surface area (Å²) in [6, 6.07) is 0.596. The molecule has 15 heavy (non-hydrogen) atoms. The van der Waals surface area contributed by atoms with Crippen LogP contribution in [0, 0.1) is 5.82 Å². The van der Waals surface area contributed by atoms with Crippen LogP contribution < -0.4 is 5.73 Å². The molecule has 88 valence electrons. The van der Waals surface area contributed by atoms with Crippen molar-refractivity contribution in [2.24, 2.45) is 5.73 Å². The van der Waals surface area contributed by atoms with Crippen molar-refractivity contribution < 1.29 is 23.8 Å². The summed E-state index contributed by atoms with van der Waals surface area (Å²) in [6.45, 7) is -0.446. The molecule has 0 radical (unpaired) electrons. The molecular weight excluding hydrogens is 244 g/mol. The highest BCUT2D eigenvalue weighted by Crippen LogP contribution is 3.02. The van der Waals surface area contributed by atoms with Gasteiger partial charge in [-0.15, -0.1) is 0 Å². The predicted molar refractivity (Wildman–Crippen MR) is 45.7 cm³/mol. The molecule has 0 heterocycles. The summed E-state index contributed by atoms with van der Waals surface area (Å²) < 4.78 is 73.8. The highest BCUT2D eigenvalue weighted by molar-refractivity contribution is 8.45. The maximum atomic E-state index is 12.6. The van der Waals surface area contributed by atoms with Crippen LogP contribution in [0.3, 0.4) is 0 Å². The topological polar surface area (TPSA) is 26.0 Å². The Bertz CT molecular complexity index is 397. The van der Waals surface area contributed by atoms with Gasteiger partial charge in [-0.3, -0.25) is 0 Å². The molecule has 0 aromatic heterocycles. The largest absolute Gasteiger partial charge is 0.326 e. The zero-order valence-electron chi connectivity index (χ0n) is 7.19. The van der Waals surface area contributed by atoms with Gasteiger partial charge in [-0.05, 0) is 23.8 Å². The van der Waals surface area contributed by atoms with Crippen molar-refractivity contribution in [1.82, 2.24) is 0 Å². The molecule has 0 aliphatic carbocycles. The molecule has 0 aliphatic rings. The Balaban J connectivity index is 3.47. The van der Waals surface area contributed by atoms with Gasteiger partial charge in [-0.1, -0.05) is 19.4 Å². The standard InChI is InChI=1S/C7H7F6NS/c8-6-1-5(4-14)2-7(3-6)15(9,10,11,12)13/h1-3H,4,14H2. The fraction of sp³-hybridized carbons (Fsp3) is 0.143. The molecule has 0 amide bonds. The molecule has 1 aromatic rings. The minimum absolute atomic E-state index is 0.157. The van der Waals surface area contributed by atoms with Gasteiger partial charge in [0, 0.05) is 6.54 Å². The zero-order valence-corrected chi connectivity index (χ0v) is 8.01. The van der Waals surface area contributed by atoms with Crippen molar-refractivity contribution in [2.45, 2.75) is 11.4 Å². The predicted octanol–water partition coefficient (Wildman–Crippen LogP) is 3.94. The van der Waals surface area contributed by atoms with E-state index in [1.807, 2.05) is 0 Å². The first-order valence-electron chi connectivity index (χ1n) is 3.66. The summed E-state index contributed by atoms with van der Waals surface area (Å²) in [5.41, 5.74) is 4.62. The lowest BCUT2D eigenvalue weighted by atomic mass is 10.2. The Morgan fingerprint density at radius 1 is 1.00 bits per heavy atom. The molecule has 1 nitrogen and oxygen atoms in total. The highest BCUT2D eigenvalue weighted by Gasteiger charge is 2.65. The second-order valence-corrected chi connectivity index (χ2v) is 5.38. The fourth-order valence-electron chi connectivity index (χ4n) is 0.961. The molecule has 0 atom stereocenters. The van der Waals surface area contributed by atoms with Crippen LogP contribution in [-0.4, -0.2) is 0 Å². The first-order valence-corrected chi connectivity index (χ1v) is 5.61. The molecule has 0 bridgehead atoms. The van der Waals surface area contributed by atoms with Crippen LogP contribution in [0.15, 0.2) is 23.1 Å². The molecule has 0 aliphatic heterocycles. The van der Waals surface area contributed by atoms with Gasteiger partial charge in [0.15, 0.2) is 0 Å². The second kappa shape index (κ2) is 2.62. The van der Waals surface area contributed by atoms with Crippen molar-refractivity contribution >= 4 is 10.2 Å². The van der Waals surface area contributed by atoms with Crippen LogP contribution in [0.1, 0.15) is 5.56 Å². The van der Waals surface area contributed by atoms with Crippen LogP contribution in [0.4, 0.5) is 23.8 Å². The van der Waals surface area contributed by atoms with E-state index in [4.69, 9.17) is 5.73 Å². The monoisotopic (exact) mass is 251 g/mol. The Morgan fingerprint density at radius 2 is 1.53 bits per heavy atom. The number of benzene rings is 1. The lowest BCUT2D eigenvalue weighted by Gasteiger charge is -2.40. The van der Waals surface area contributed by atoms with E-state index in [0.717, 1.165) is 0 Å². The first-order chi connectivity index (χ1) is 6.42. The smallest absolute Gasteiger partial charge is 0.310 e. The molecular formula is C7H7F6NS. The zero-order chi connectivity index (χ0) is 12.0. The minimum atomic E-state index is -9.81. The number of halogens is 6. The summed E-state index contributed by atoms with van der Waals surface area (Å²) in [7, 11) is -9.81. The van der Waals surface area contributed by atoms with Crippen LogP contribution >= 0.6 is 10.2 Å². The molecule has 2 N–H and O–H groups in total. The average molecular weight is 251 g/mol. The van der Waals surface area contributed by atoms with E-state index in [9.17, 15) is 23.8 Å². The molecule has 8 heteroatoms. The maximum absolute atomic E-state index is 12.6. The average Bonchev–Trinajstić information content (AvgIpc) is 1.99. The van der Waals surface area contributed by atoms with Crippen LogP contribution in [0.25, 0.3) is 0 Å². The molecule has 0 unspecified atom stereocenters. The van der Waals surface area contributed by atoms with E-state index in [0.29, 0.717) is 6.07 Å².